The molecule has 1 saturated heterocycles. The van der Waals surface area contributed by atoms with Gasteiger partial charge in [-0.05, 0) is 57.7 Å². The number of ketones is 1. The number of unbranched alkanes of at least 4 members (excludes halogenated alkanes) is 1. The Hall–Kier alpha value is -3.70. The normalized spacial score (nSPS) is 15.3. The molecular weight excluding hydrogens is 468 g/mol. The van der Waals surface area contributed by atoms with Crippen LogP contribution in [0.5, 0.6) is 0 Å². The molecule has 1 aromatic heterocycles. The molecule has 0 bridgehead atoms. The number of piperazine rings is 1. The number of hydrogen-bond acceptors (Lipinski definition) is 6. The van der Waals surface area contributed by atoms with Crippen molar-refractivity contribution in [2.45, 2.75) is 58.1 Å². The van der Waals surface area contributed by atoms with Gasteiger partial charge in [0.25, 0.3) is 0 Å². The van der Waals surface area contributed by atoms with Crippen LogP contribution in [0.2, 0.25) is 0 Å². The molecule has 0 radical (unpaired) electrons. The van der Waals surface area contributed by atoms with Crippen molar-refractivity contribution in [1.82, 2.24) is 20.5 Å². The first kappa shape index (κ1) is 27.9. The number of benzene rings is 1. The average Bonchev–Trinajstić information content (AvgIpc) is 2.88. The maximum absolute atomic E-state index is 13.2. The van der Waals surface area contributed by atoms with Gasteiger partial charge in [0.15, 0.2) is 0 Å². The molecule has 1 aliphatic rings. The first-order valence-corrected chi connectivity index (χ1v) is 12.7. The fourth-order valence-corrected chi connectivity index (χ4v) is 3.92. The summed E-state index contributed by atoms with van der Waals surface area (Å²) in [5, 5.41) is 5.98. The maximum Gasteiger partial charge on any atom is 0.410 e. The highest BCUT2D eigenvalue weighted by molar-refractivity contribution is 6.01. The summed E-state index contributed by atoms with van der Waals surface area (Å²) in [7, 11) is 0. The molecule has 1 aliphatic heterocycles. The number of nitrogens with zero attached hydrogens (tertiary/aromatic N) is 2. The quantitative estimate of drug-likeness (QED) is 0.325. The van der Waals surface area contributed by atoms with Gasteiger partial charge in [0, 0.05) is 32.3 Å². The number of nitrogens with one attached hydrogen (secondary N) is 2. The van der Waals surface area contributed by atoms with Gasteiger partial charge in [-0.15, -0.1) is 0 Å². The smallest absolute Gasteiger partial charge is 0.410 e. The number of ether oxygens (including phenoxy) is 1. The van der Waals surface area contributed by atoms with Crippen LogP contribution in [0.3, 0.4) is 0 Å². The Balaban J connectivity index is 1.49. The predicted octanol–water partition coefficient (Wildman–Crippen LogP) is 3.35. The van der Waals surface area contributed by atoms with Gasteiger partial charge in [-0.2, -0.15) is 0 Å². The van der Waals surface area contributed by atoms with E-state index in [1.165, 1.54) is 10.5 Å². The van der Waals surface area contributed by atoms with Crippen LogP contribution in [-0.2, 0) is 16.0 Å². The second-order valence-corrected chi connectivity index (χ2v) is 9.97. The Morgan fingerprint density at radius 1 is 1.14 bits per heavy atom. The maximum atomic E-state index is 13.2. The summed E-state index contributed by atoms with van der Waals surface area (Å²) in [5.74, 6) is 5.60. The van der Waals surface area contributed by atoms with E-state index in [9.17, 15) is 14.4 Å². The molecule has 8 nitrogen and oxygen atoms in total. The molecule has 2 N–H and O–H groups in total. The molecule has 3 rings (SSSR count). The zero-order chi connectivity index (χ0) is 26.7. The lowest BCUT2D eigenvalue weighted by atomic mass is 10.0. The number of rotatable bonds is 8. The predicted molar refractivity (Wildman–Crippen MR) is 142 cm³/mol. The highest BCUT2D eigenvalue weighted by atomic mass is 16.6. The van der Waals surface area contributed by atoms with Crippen molar-refractivity contribution in [3.05, 3.63) is 65.5 Å². The lowest BCUT2D eigenvalue weighted by Crippen LogP contribution is -2.56. The third-order valence-electron chi connectivity index (χ3n) is 5.74. The number of aryl methyl sites for hydroxylation is 1. The van der Waals surface area contributed by atoms with Crippen LogP contribution in [0.4, 0.5) is 4.79 Å². The van der Waals surface area contributed by atoms with E-state index in [0.717, 1.165) is 19.3 Å². The minimum Gasteiger partial charge on any atom is -0.444 e. The molecular formula is C29H36N4O4. The summed E-state index contributed by atoms with van der Waals surface area (Å²) >= 11 is 0. The average molecular weight is 505 g/mol. The van der Waals surface area contributed by atoms with Crippen molar-refractivity contribution in [3.63, 3.8) is 0 Å². The van der Waals surface area contributed by atoms with Crippen LogP contribution in [-0.4, -0.2) is 65.5 Å². The Kier molecular flexibility index (Phi) is 10.2. The Morgan fingerprint density at radius 2 is 1.92 bits per heavy atom. The van der Waals surface area contributed by atoms with Crippen molar-refractivity contribution in [2.75, 3.05) is 26.2 Å². The van der Waals surface area contributed by atoms with Gasteiger partial charge in [-0.3, -0.25) is 14.6 Å². The summed E-state index contributed by atoms with van der Waals surface area (Å²) in [6.45, 7) is 6.74. The molecule has 2 amide bonds. The molecule has 1 fully saturated rings. The summed E-state index contributed by atoms with van der Waals surface area (Å²) < 4.78 is 5.45. The first-order chi connectivity index (χ1) is 17.7. The number of pyridine rings is 1. The lowest BCUT2D eigenvalue weighted by Gasteiger charge is -2.34. The lowest BCUT2D eigenvalue weighted by molar-refractivity contribution is -0.120. The second-order valence-electron chi connectivity index (χ2n) is 9.97. The van der Waals surface area contributed by atoms with Gasteiger partial charge in [0.05, 0.1) is 18.2 Å². The number of aromatic nitrogens is 1. The third-order valence-corrected chi connectivity index (χ3v) is 5.74. The molecule has 2 heterocycles. The minimum atomic E-state index is -0.608. The Morgan fingerprint density at radius 3 is 2.68 bits per heavy atom. The summed E-state index contributed by atoms with van der Waals surface area (Å²) in [5.41, 5.74) is 1.39. The zero-order valence-corrected chi connectivity index (χ0v) is 21.9. The monoisotopic (exact) mass is 504 g/mol. The fourth-order valence-electron chi connectivity index (χ4n) is 3.92. The van der Waals surface area contributed by atoms with Crippen molar-refractivity contribution >= 4 is 17.8 Å². The Bertz CT molecular complexity index is 1130. The number of carbonyl (C=O) groups is 3. The SMILES string of the molecule is CC(C)(C)OC(=O)N1CCNC(C(=O)c2ncccc2C#CCNC(=O)CCCCc2ccccc2)C1. The van der Waals surface area contributed by atoms with Crippen LogP contribution in [0.15, 0.2) is 48.7 Å². The summed E-state index contributed by atoms with van der Waals surface area (Å²) in [6.07, 6.45) is 4.27. The molecule has 0 aliphatic carbocycles. The van der Waals surface area contributed by atoms with E-state index >= 15 is 0 Å². The summed E-state index contributed by atoms with van der Waals surface area (Å²) in [6, 6.07) is 13.1. The largest absolute Gasteiger partial charge is 0.444 e. The molecule has 0 spiro atoms. The highest BCUT2D eigenvalue weighted by Crippen LogP contribution is 2.14. The van der Waals surface area contributed by atoms with E-state index in [-0.39, 0.29) is 30.5 Å². The molecule has 2 aromatic rings. The number of amides is 2. The van der Waals surface area contributed by atoms with Gasteiger partial charge in [-0.1, -0.05) is 42.2 Å². The van der Waals surface area contributed by atoms with Gasteiger partial charge >= 0.3 is 6.09 Å². The van der Waals surface area contributed by atoms with Crippen molar-refractivity contribution in [1.29, 1.82) is 0 Å². The van der Waals surface area contributed by atoms with Gasteiger partial charge in [-0.25, -0.2) is 4.79 Å². The molecule has 8 heteroatoms. The van der Waals surface area contributed by atoms with E-state index in [2.05, 4.69) is 39.6 Å². The van der Waals surface area contributed by atoms with Crippen molar-refractivity contribution in [3.8, 4) is 11.8 Å². The minimum absolute atomic E-state index is 0.0431. The molecule has 1 aromatic carbocycles. The zero-order valence-electron chi connectivity index (χ0n) is 21.9. The van der Waals surface area contributed by atoms with E-state index in [4.69, 9.17) is 4.74 Å². The molecule has 0 saturated carbocycles. The molecule has 37 heavy (non-hydrogen) atoms. The van der Waals surface area contributed by atoms with E-state index in [0.29, 0.717) is 25.1 Å². The van der Waals surface area contributed by atoms with E-state index in [1.54, 1.807) is 18.3 Å². The van der Waals surface area contributed by atoms with Crippen LogP contribution in [0.25, 0.3) is 0 Å². The summed E-state index contributed by atoms with van der Waals surface area (Å²) in [4.78, 5) is 43.6. The van der Waals surface area contributed by atoms with Crippen LogP contribution < -0.4 is 10.6 Å². The van der Waals surface area contributed by atoms with Crippen LogP contribution in [0, 0.1) is 11.8 Å². The number of Topliss-reactive ketones (excluding diaryl/α,β-unsaturated/α-hetero) is 1. The fraction of sp³-hybridized carbons (Fsp3) is 0.448. The van der Waals surface area contributed by atoms with Crippen LogP contribution >= 0.6 is 0 Å². The van der Waals surface area contributed by atoms with Gasteiger partial charge in [0.2, 0.25) is 11.7 Å². The van der Waals surface area contributed by atoms with Crippen molar-refractivity contribution in [2.24, 2.45) is 0 Å². The second kappa shape index (κ2) is 13.6. The standard InChI is InChI=1S/C29H36N4O4/c1-29(2,3)37-28(36)33-20-19-30-24(21-33)27(35)26-23(15-10-18-32-26)14-9-17-31-25(34)16-8-7-13-22-11-5-4-6-12-22/h4-6,10-12,15,18,24,30H,7-8,13,16-17,19-21H2,1-3H3,(H,31,34). The molecule has 1 unspecified atom stereocenters. The number of hydrogen-bond donors (Lipinski definition) is 2. The van der Waals surface area contributed by atoms with E-state index < -0.39 is 17.7 Å². The molecule has 196 valence electrons. The highest BCUT2D eigenvalue weighted by Gasteiger charge is 2.32. The number of carbonyl (C=O) groups excluding carboxylic acids is 3. The third kappa shape index (κ3) is 9.36. The first-order valence-electron chi connectivity index (χ1n) is 12.7. The van der Waals surface area contributed by atoms with Gasteiger partial charge in [0.1, 0.15) is 11.3 Å². The van der Waals surface area contributed by atoms with E-state index in [1.807, 2.05) is 39.0 Å². The van der Waals surface area contributed by atoms with Gasteiger partial charge < -0.3 is 20.3 Å². The van der Waals surface area contributed by atoms with Crippen molar-refractivity contribution < 1.29 is 19.1 Å². The Labute approximate surface area is 219 Å². The molecule has 1 atom stereocenters. The topological polar surface area (TPSA) is 101 Å². The van der Waals surface area contributed by atoms with Crippen LogP contribution in [0.1, 0.15) is 61.6 Å².